The van der Waals surface area contributed by atoms with Gasteiger partial charge in [0.25, 0.3) is 0 Å². The minimum absolute atomic E-state index is 0.0679. The Balaban J connectivity index is 2.04. The van der Waals surface area contributed by atoms with Crippen molar-refractivity contribution in [2.45, 2.75) is 71.2 Å². The summed E-state index contributed by atoms with van der Waals surface area (Å²) in [5.74, 6) is 0.996. The van der Waals surface area contributed by atoms with Crippen LogP contribution in [-0.4, -0.2) is 34.8 Å². The van der Waals surface area contributed by atoms with Crippen molar-refractivity contribution in [2.24, 2.45) is 0 Å². The molecule has 1 aromatic rings. The van der Waals surface area contributed by atoms with E-state index in [1.54, 1.807) is 0 Å². The van der Waals surface area contributed by atoms with E-state index in [-0.39, 0.29) is 6.04 Å². The van der Waals surface area contributed by atoms with Crippen molar-refractivity contribution in [3.63, 3.8) is 0 Å². The molecule has 0 amide bonds. The average Bonchev–Trinajstić information content (AvgIpc) is 2.45. The van der Waals surface area contributed by atoms with Gasteiger partial charge < -0.3 is 9.84 Å². The Hall–Kier alpha value is -1.06. The minimum Gasteiger partial charge on any atom is -0.490 e. The van der Waals surface area contributed by atoms with Gasteiger partial charge in [0.05, 0.1) is 6.04 Å². The van der Waals surface area contributed by atoms with Gasteiger partial charge in [0.15, 0.2) is 0 Å². The summed E-state index contributed by atoms with van der Waals surface area (Å²) in [5, 5.41) is 10.6. The van der Waals surface area contributed by atoms with Crippen molar-refractivity contribution < 1.29 is 9.84 Å². The molecule has 0 aliphatic carbocycles. The molecule has 2 aliphatic rings. The first-order valence-electron chi connectivity index (χ1n) is 8.19. The molecule has 4 atom stereocenters. The predicted molar refractivity (Wildman–Crippen MR) is 84.8 cm³/mol. The highest BCUT2D eigenvalue weighted by molar-refractivity contribution is 5.48. The fourth-order valence-electron chi connectivity index (χ4n) is 4.05. The molecule has 3 rings (SSSR count). The Labute approximate surface area is 127 Å². The molecule has 0 aromatic heterocycles. The molecule has 3 heteroatoms. The zero-order valence-electron chi connectivity index (χ0n) is 13.6. The Morgan fingerprint density at radius 3 is 2.48 bits per heavy atom. The van der Waals surface area contributed by atoms with Crippen LogP contribution in [0.4, 0.5) is 0 Å². The first-order chi connectivity index (χ1) is 10.0. The second-order valence-corrected chi connectivity index (χ2v) is 6.83. The van der Waals surface area contributed by atoms with Crippen LogP contribution >= 0.6 is 0 Å². The smallest absolute Gasteiger partial charge is 0.127 e. The Bertz CT molecular complexity index is 518. The molecule has 0 bridgehead atoms. The molecule has 3 nitrogen and oxygen atoms in total. The summed E-state index contributed by atoms with van der Waals surface area (Å²) >= 11 is 0. The molecule has 4 unspecified atom stereocenters. The highest BCUT2D eigenvalue weighted by atomic mass is 16.5. The van der Waals surface area contributed by atoms with Crippen molar-refractivity contribution in [3.8, 4) is 5.75 Å². The number of aliphatic hydroxyl groups is 1. The number of piperidine rings is 1. The first-order valence-corrected chi connectivity index (χ1v) is 8.19. The predicted octanol–water partition coefficient (Wildman–Crippen LogP) is 3.36. The number of aliphatic hydroxyl groups excluding tert-OH is 1. The summed E-state index contributed by atoms with van der Waals surface area (Å²) in [6.45, 7) is 9.21. The van der Waals surface area contributed by atoms with Crippen LogP contribution in [0, 0.1) is 13.8 Å². The van der Waals surface area contributed by atoms with Crippen molar-refractivity contribution in [1.29, 1.82) is 0 Å². The van der Waals surface area contributed by atoms with E-state index < -0.39 is 6.10 Å². The summed E-state index contributed by atoms with van der Waals surface area (Å²) in [6, 6.07) is 5.40. The van der Waals surface area contributed by atoms with Crippen molar-refractivity contribution in [1.82, 2.24) is 4.90 Å². The molecular weight excluding hydrogens is 262 g/mol. The highest BCUT2D eigenvalue weighted by Crippen LogP contribution is 2.42. The van der Waals surface area contributed by atoms with Crippen LogP contribution < -0.4 is 4.74 Å². The van der Waals surface area contributed by atoms with Crippen LogP contribution in [-0.2, 0) is 0 Å². The average molecular weight is 289 g/mol. The third kappa shape index (κ3) is 2.47. The number of hydrogen-bond donors (Lipinski definition) is 1. The third-order valence-electron chi connectivity index (χ3n) is 5.37. The molecule has 2 aliphatic heterocycles. The Kier molecular flexibility index (Phi) is 3.98. The van der Waals surface area contributed by atoms with E-state index in [2.05, 4.69) is 44.7 Å². The number of rotatable bonds is 1. The van der Waals surface area contributed by atoms with Crippen LogP contribution in [0.2, 0.25) is 0 Å². The monoisotopic (exact) mass is 289 g/mol. The summed E-state index contributed by atoms with van der Waals surface area (Å²) in [6.07, 6.45) is 3.28. The summed E-state index contributed by atoms with van der Waals surface area (Å²) in [5.41, 5.74) is 3.63. The van der Waals surface area contributed by atoms with E-state index >= 15 is 0 Å². The minimum atomic E-state index is -0.442. The second kappa shape index (κ2) is 5.62. The molecule has 116 valence electrons. The van der Waals surface area contributed by atoms with E-state index in [1.165, 1.54) is 30.4 Å². The summed E-state index contributed by atoms with van der Waals surface area (Å²) in [4.78, 5) is 2.52. The maximum absolute atomic E-state index is 10.6. The van der Waals surface area contributed by atoms with Gasteiger partial charge >= 0.3 is 0 Å². The van der Waals surface area contributed by atoms with Gasteiger partial charge in [-0.05, 0) is 51.7 Å². The molecule has 0 spiro atoms. The van der Waals surface area contributed by atoms with Gasteiger partial charge in [0.2, 0.25) is 0 Å². The van der Waals surface area contributed by atoms with Gasteiger partial charge in [0, 0.05) is 17.6 Å². The van der Waals surface area contributed by atoms with Crippen LogP contribution in [0.1, 0.15) is 55.8 Å². The molecule has 1 fully saturated rings. The van der Waals surface area contributed by atoms with E-state index in [9.17, 15) is 5.11 Å². The largest absolute Gasteiger partial charge is 0.490 e. The van der Waals surface area contributed by atoms with Gasteiger partial charge in [-0.1, -0.05) is 18.6 Å². The van der Waals surface area contributed by atoms with Gasteiger partial charge in [-0.2, -0.15) is 0 Å². The van der Waals surface area contributed by atoms with Gasteiger partial charge in [0.1, 0.15) is 18.5 Å². The van der Waals surface area contributed by atoms with Gasteiger partial charge in [-0.3, -0.25) is 4.90 Å². The molecule has 2 heterocycles. The molecule has 21 heavy (non-hydrogen) atoms. The Morgan fingerprint density at radius 2 is 1.81 bits per heavy atom. The van der Waals surface area contributed by atoms with Crippen LogP contribution in [0.15, 0.2) is 12.1 Å². The molecule has 0 saturated carbocycles. The van der Waals surface area contributed by atoms with Gasteiger partial charge in [-0.25, -0.2) is 0 Å². The lowest BCUT2D eigenvalue weighted by molar-refractivity contribution is -0.0457. The SMILES string of the molecule is Cc1ccc2c(c1C)OCC(O)C2N1C(C)CCCC1C. The fourth-order valence-corrected chi connectivity index (χ4v) is 4.05. The topological polar surface area (TPSA) is 32.7 Å². The van der Waals surface area contributed by atoms with E-state index in [0.717, 1.165) is 11.3 Å². The van der Waals surface area contributed by atoms with Crippen LogP contribution in [0.5, 0.6) is 5.75 Å². The quantitative estimate of drug-likeness (QED) is 0.860. The summed E-state index contributed by atoms with van der Waals surface area (Å²) < 4.78 is 5.86. The highest BCUT2D eigenvalue weighted by Gasteiger charge is 2.40. The number of hydrogen-bond acceptors (Lipinski definition) is 3. The molecule has 1 aromatic carbocycles. The van der Waals surface area contributed by atoms with Crippen molar-refractivity contribution in [2.75, 3.05) is 6.61 Å². The number of likely N-dealkylation sites (tertiary alicyclic amines) is 1. The standard InChI is InChI=1S/C18H27NO2/c1-11-8-9-15-17(16(20)10-21-18(15)14(11)4)19-12(2)6-5-7-13(19)3/h8-9,12-13,16-17,20H,5-7,10H2,1-4H3. The number of benzene rings is 1. The van der Waals surface area contributed by atoms with Crippen LogP contribution in [0.3, 0.4) is 0 Å². The maximum Gasteiger partial charge on any atom is 0.127 e. The number of aryl methyl sites for hydroxylation is 1. The molecule has 1 saturated heterocycles. The van der Waals surface area contributed by atoms with E-state index in [1.807, 2.05) is 0 Å². The molecular formula is C18H27NO2. The zero-order chi connectivity index (χ0) is 15.1. The normalized spacial score (nSPS) is 33.4. The maximum atomic E-state index is 10.6. The zero-order valence-corrected chi connectivity index (χ0v) is 13.6. The first kappa shape index (κ1) is 14.9. The van der Waals surface area contributed by atoms with Gasteiger partial charge in [-0.15, -0.1) is 0 Å². The fraction of sp³-hybridized carbons (Fsp3) is 0.667. The number of ether oxygens (including phenoxy) is 1. The summed E-state index contributed by atoms with van der Waals surface area (Å²) in [7, 11) is 0. The lowest BCUT2D eigenvalue weighted by Gasteiger charge is -2.47. The van der Waals surface area contributed by atoms with Crippen LogP contribution in [0.25, 0.3) is 0 Å². The van der Waals surface area contributed by atoms with E-state index in [0.29, 0.717) is 18.7 Å². The molecule has 0 radical (unpaired) electrons. The number of fused-ring (bicyclic) bond motifs is 1. The van der Waals surface area contributed by atoms with E-state index in [4.69, 9.17) is 4.74 Å². The third-order valence-corrected chi connectivity index (χ3v) is 5.37. The van der Waals surface area contributed by atoms with Crippen molar-refractivity contribution >= 4 is 0 Å². The molecule has 1 N–H and O–H groups in total. The lowest BCUT2D eigenvalue weighted by Crippen LogP contribution is -2.51. The Morgan fingerprint density at radius 1 is 1.14 bits per heavy atom. The second-order valence-electron chi connectivity index (χ2n) is 6.83. The van der Waals surface area contributed by atoms with Crippen molar-refractivity contribution in [3.05, 3.63) is 28.8 Å². The number of nitrogens with zero attached hydrogens (tertiary/aromatic N) is 1. The lowest BCUT2D eigenvalue weighted by atomic mass is 9.87.